The molecule has 0 aliphatic rings. The van der Waals surface area contributed by atoms with Gasteiger partial charge in [0.15, 0.2) is 11.5 Å². The predicted molar refractivity (Wildman–Crippen MR) is 136 cm³/mol. The van der Waals surface area contributed by atoms with Crippen LogP contribution < -0.4 is 19.6 Å². The van der Waals surface area contributed by atoms with Crippen molar-refractivity contribution in [1.82, 2.24) is 5.43 Å². The molecular weight excluding hydrogens is 463 g/mol. The second-order valence-corrected chi connectivity index (χ2v) is 7.91. The van der Waals surface area contributed by atoms with Crippen molar-refractivity contribution in [1.29, 1.82) is 0 Å². The van der Waals surface area contributed by atoms with Crippen LogP contribution in [0.1, 0.15) is 49.5 Å². The normalized spacial score (nSPS) is 11.8. The number of nitrogens with zero attached hydrogens (tertiary/aromatic N) is 1. The van der Waals surface area contributed by atoms with Crippen molar-refractivity contribution in [2.24, 2.45) is 5.10 Å². The number of rotatable bonds is 13. The molecule has 0 heterocycles. The van der Waals surface area contributed by atoms with Crippen molar-refractivity contribution in [2.75, 3.05) is 13.2 Å². The standard InChI is InChI=1S/C28H31FN2O5/c1-3-34-24-11-9-22(10-12-24)25(32)13-15-28(33)31-30-18-20-8-14-26(27(17-20)35-4-2)36-19-21-6-5-7-23(29)16-21/h5-12,14,16-18,25,32H,3-4,13,15,19H2,1-2H3,(H,31,33)/b30-18-/t25-/m1/s1. The molecule has 0 fully saturated rings. The van der Waals surface area contributed by atoms with Crippen LogP contribution >= 0.6 is 0 Å². The van der Waals surface area contributed by atoms with E-state index in [4.69, 9.17) is 14.2 Å². The fraction of sp³-hybridized carbons (Fsp3) is 0.286. The number of benzene rings is 3. The van der Waals surface area contributed by atoms with E-state index < -0.39 is 6.10 Å². The molecule has 3 aromatic rings. The highest BCUT2D eigenvalue weighted by Crippen LogP contribution is 2.29. The third-order valence-corrected chi connectivity index (χ3v) is 5.17. The van der Waals surface area contributed by atoms with Gasteiger partial charge in [0.2, 0.25) is 5.91 Å². The third kappa shape index (κ3) is 8.39. The summed E-state index contributed by atoms with van der Waals surface area (Å²) >= 11 is 0. The summed E-state index contributed by atoms with van der Waals surface area (Å²) in [4.78, 5) is 12.1. The number of hydrogen-bond donors (Lipinski definition) is 2. The predicted octanol–water partition coefficient (Wildman–Crippen LogP) is 5.17. The molecule has 3 aromatic carbocycles. The lowest BCUT2D eigenvalue weighted by Gasteiger charge is -2.13. The van der Waals surface area contributed by atoms with E-state index in [0.717, 1.165) is 11.3 Å². The highest BCUT2D eigenvalue weighted by atomic mass is 19.1. The molecule has 1 atom stereocenters. The molecule has 0 saturated heterocycles. The average molecular weight is 495 g/mol. The van der Waals surface area contributed by atoms with Gasteiger partial charge in [-0.1, -0.05) is 24.3 Å². The van der Waals surface area contributed by atoms with Crippen molar-refractivity contribution in [3.8, 4) is 17.2 Å². The first kappa shape index (κ1) is 26.7. The van der Waals surface area contributed by atoms with E-state index in [1.807, 2.05) is 13.8 Å². The molecule has 0 unspecified atom stereocenters. The molecule has 7 nitrogen and oxygen atoms in total. The quantitative estimate of drug-likeness (QED) is 0.253. The first-order chi connectivity index (χ1) is 17.5. The van der Waals surface area contributed by atoms with Crippen LogP contribution in [0.15, 0.2) is 71.8 Å². The Bertz CT molecular complexity index is 1150. The van der Waals surface area contributed by atoms with Crippen LogP contribution in [0.5, 0.6) is 17.2 Å². The minimum atomic E-state index is -0.760. The van der Waals surface area contributed by atoms with Crippen molar-refractivity contribution in [3.63, 3.8) is 0 Å². The molecule has 0 aliphatic heterocycles. The van der Waals surface area contributed by atoms with E-state index in [9.17, 15) is 14.3 Å². The highest BCUT2D eigenvalue weighted by molar-refractivity contribution is 5.83. The molecule has 8 heteroatoms. The Morgan fingerprint density at radius 1 is 1.00 bits per heavy atom. The zero-order valence-corrected chi connectivity index (χ0v) is 20.4. The number of hydrazone groups is 1. The maximum absolute atomic E-state index is 13.4. The monoisotopic (exact) mass is 494 g/mol. The van der Waals surface area contributed by atoms with Gasteiger partial charge in [0, 0.05) is 6.42 Å². The average Bonchev–Trinajstić information content (AvgIpc) is 2.88. The summed E-state index contributed by atoms with van der Waals surface area (Å²) in [6, 6.07) is 18.6. The van der Waals surface area contributed by atoms with Gasteiger partial charge in [-0.2, -0.15) is 5.10 Å². The topological polar surface area (TPSA) is 89.4 Å². The molecular formula is C28H31FN2O5. The first-order valence-corrected chi connectivity index (χ1v) is 11.8. The van der Waals surface area contributed by atoms with Crippen molar-refractivity contribution < 1.29 is 28.5 Å². The number of carbonyl (C=O) groups excluding carboxylic acids is 1. The van der Waals surface area contributed by atoms with Crippen LogP contribution in [0.2, 0.25) is 0 Å². The number of halogens is 1. The summed E-state index contributed by atoms with van der Waals surface area (Å²) in [7, 11) is 0. The summed E-state index contributed by atoms with van der Waals surface area (Å²) in [5.74, 6) is 1.14. The Kier molecular flexibility index (Phi) is 10.3. The largest absolute Gasteiger partial charge is 0.494 e. The number of aliphatic hydroxyl groups excluding tert-OH is 1. The fourth-order valence-corrected chi connectivity index (χ4v) is 3.40. The van der Waals surface area contributed by atoms with Gasteiger partial charge in [-0.3, -0.25) is 4.79 Å². The number of carbonyl (C=O) groups is 1. The second kappa shape index (κ2) is 13.8. The molecule has 0 bridgehead atoms. The first-order valence-electron chi connectivity index (χ1n) is 11.8. The Balaban J connectivity index is 1.50. The van der Waals surface area contributed by atoms with Crippen molar-refractivity contribution in [3.05, 3.63) is 89.2 Å². The molecule has 3 rings (SSSR count). The van der Waals surface area contributed by atoms with Gasteiger partial charge in [0.25, 0.3) is 0 Å². The Morgan fingerprint density at radius 2 is 1.78 bits per heavy atom. The van der Waals surface area contributed by atoms with Crippen molar-refractivity contribution >= 4 is 12.1 Å². The van der Waals surface area contributed by atoms with Gasteiger partial charge in [-0.25, -0.2) is 9.82 Å². The minimum Gasteiger partial charge on any atom is -0.494 e. The van der Waals surface area contributed by atoms with Crippen LogP contribution in [0.4, 0.5) is 4.39 Å². The van der Waals surface area contributed by atoms with Crippen LogP contribution in [0, 0.1) is 5.82 Å². The zero-order valence-electron chi connectivity index (χ0n) is 20.4. The maximum Gasteiger partial charge on any atom is 0.240 e. The van der Waals surface area contributed by atoms with Crippen LogP contribution in [0.3, 0.4) is 0 Å². The second-order valence-electron chi connectivity index (χ2n) is 7.91. The van der Waals surface area contributed by atoms with E-state index in [-0.39, 0.29) is 31.2 Å². The minimum absolute atomic E-state index is 0.114. The van der Waals surface area contributed by atoms with E-state index in [1.54, 1.807) is 54.6 Å². The number of aliphatic hydroxyl groups is 1. The molecule has 0 aromatic heterocycles. The molecule has 0 saturated carbocycles. The Morgan fingerprint density at radius 3 is 2.50 bits per heavy atom. The summed E-state index contributed by atoms with van der Waals surface area (Å²) < 4.78 is 30.2. The van der Waals surface area contributed by atoms with E-state index in [2.05, 4.69) is 10.5 Å². The number of ether oxygens (including phenoxy) is 3. The molecule has 0 spiro atoms. The molecule has 36 heavy (non-hydrogen) atoms. The molecule has 1 amide bonds. The van der Waals surface area contributed by atoms with E-state index >= 15 is 0 Å². The van der Waals surface area contributed by atoms with Gasteiger partial charge >= 0.3 is 0 Å². The van der Waals surface area contributed by atoms with Gasteiger partial charge in [-0.15, -0.1) is 0 Å². The van der Waals surface area contributed by atoms with Gasteiger partial charge in [0.05, 0.1) is 25.5 Å². The van der Waals surface area contributed by atoms with Crippen LogP contribution in [-0.4, -0.2) is 30.4 Å². The molecule has 0 aliphatic carbocycles. The molecule has 0 radical (unpaired) electrons. The van der Waals surface area contributed by atoms with Gasteiger partial charge in [-0.05, 0) is 79.4 Å². The summed E-state index contributed by atoms with van der Waals surface area (Å²) in [5, 5.41) is 14.3. The smallest absolute Gasteiger partial charge is 0.240 e. The van der Waals surface area contributed by atoms with Gasteiger partial charge in [0.1, 0.15) is 18.2 Å². The number of amides is 1. The van der Waals surface area contributed by atoms with Gasteiger partial charge < -0.3 is 19.3 Å². The maximum atomic E-state index is 13.4. The lowest BCUT2D eigenvalue weighted by Crippen LogP contribution is -2.18. The van der Waals surface area contributed by atoms with Crippen LogP contribution in [-0.2, 0) is 11.4 Å². The number of nitrogens with one attached hydrogen (secondary N) is 1. The van der Waals surface area contributed by atoms with E-state index in [0.29, 0.717) is 35.8 Å². The summed E-state index contributed by atoms with van der Waals surface area (Å²) in [5.41, 5.74) is 4.60. The van der Waals surface area contributed by atoms with Crippen LogP contribution in [0.25, 0.3) is 0 Å². The summed E-state index contributed by atoms with van der Waals surface area (Å²) in [6.45, 7) is 4.97. The highest BCUT2D eigenvalue weighted by Gasteiger charge is 2.11. The molecule has 2 N–H and O–H groups in total. The zero-order chi connectivity index (χ0) is 25.8. The lowest BCUT2D eigenvalue weighted by atomic mass is 10.0. The molecule has 190 valence electrons. The summed E-state index contributed by atoms with van der Waals surface area (Å²) in [6.07, 6.45) is 1.12. The SMILES string of the molecule is CCOc1ccc([C@H](O)CCC(=O)N/N=C\c2ccc(OCc3cccc(F)c3)c(OCC)c2)cc1. The Hall–Kier alpha value is -3.91. The Labute approximate surface area is 210 Å². The number of hydrogen-bond acceptors (Lipinski definition) is 6. The lowest BCUT2D eigenvalue weighted by molar-refractivity contribution is -0.121. The fourth-order valence-electron chi connectivity index (χ4n) is 3.40. The van der Waals surface area contributed by atoms with E-state index in [1.165, 1.54) is 18.3 Å². The van der Waals surface area contributed by atoms with Crippen molar-refractivity contribution in [2.45, 2.75) is 39.4 Å². The third-order valence-electron chi connectivity index (χ3n) is 5.17.